The first kappa shape index (κ1) is 11.0. The Kier molecular flexibility index (Phi) is 3.74. The van der Waals surface area contributed by atoms with Crippen molar-refractivity contribution in [1.82, 2.24) is 0 Å². The predicted octanol–water partition coefficient (Wildman–Crippen LogP) is 2.32. The van der Waals surface area contributed by atoms with E-state index in [1.165, 1.54) is 25.7 Å². The average Bonchev–Trinajstić information content (AvgIpc) is 2.03. The van der Waals surface area contributed by atoms with E-state index in [1.54, 1.807) is 0 Å². The summed E-state index contributed by atoms with van der Waals surface area (Å²) in [6, 6.07) is 0. The third-order valence-electron chi connectivity index (χ3n) is 2.87. The zero-order chi connectivity index (χ0) is 9.90. The lowest BCUT2D eigenvalue weighted by molar-refractivity contribution is -0.0851. The fourth-order valence-corrected chi connectivity index (χ4v) is 1.98. The molecule has 1 rings (SSSR count). The first-order chi connectivity index (χ1) is 6.03. The Morgan fingerprint density at radius 1 is 1.38 bits per heavy atom. The van der Waals surface area contributed by atoms with Crippen molar-refractivity contribution in [2.75, 3.05) is 6.54 Å². The van der Waals surface area contributed by atoms with E-state index >= 15 is 0 Å². The van der Waals surface area contributed by atoms with Gasteiger partial charge in [-0.25, -0.2) is 0 Å². The van der Waals surface area contributed by atoms with Crippen molar-refractivity contribution in [3.63, 3.8) is 0 Å². The summed E-state index contributed by atoms with van der Waals surface area (Å²) in [5.74, 6) is 0.826. The summed E-state index contributed by atoms with van der Waals surface area (Å²) in [4.78, 5) is 0. The zero-order valence-corrected chi connectivity index (χ0v) is 9.18. The van der Waals surface area contributed by atoms with E-state index in [4.69, 9.17) is 10.5 Å². The van der Waals surface area contributed by atoms with Crippen LogP contribution in [0, 0.1) is 5.92 Å². The van der Waals surface area contributed by atoms with Crippen molar-refractivity contribution >= 4 is 0 Å². The molecule has 1 aliphatic carbocycles. The van der Waals surface area contributed by atoms with Crippen LogP contribution in [0.1, 0.15) is 46.5 Å². The van der Waals surface area contributed by atoms with Gasteiger partial charge >= 0.3 is 0 Å². The summed E-state index contributed by atoms with van der Waals surface area (Å²) >= 11 is 0. The van der Waals surface area contributed by atoms with E-state index in [0.29, 0.717) is 12.6 Å². The monoisotopic (exact) mass is 185 g/mol. The third-order valence-corrected chi connectivity index (χ3v) is 2.87. The molecule has 0 radical (unpaired) electrons. The Labute approximate surface area is 81.8 Å². The zero-order valence-electron chi connectivity index (χ0n) is 9.18. The molecule has 13 heavy (non-hydrogen) atoms. The topological polar surface area (TPSA) is 35.2 Å². The molecule has 0 aromatic carbocycles. The van der Waals surface area contributed by atoms with E-state index in [9.17, 15) is 0 Å². The van der Waals surface area contributed by atoms with E-state index in [-0.39, 0.29) is 5.60 Å². The van der Waals surface area contributed by atoms with Gasteiger partial charge in [-0.15, -0.1) is 0 Å². The van der Waals surface area contributed by atoms with E-state index in [1.807, 2.05) is 0 Å². The smallest absolute Gasteiger partial charge is 0.0751 e. The maximum Gasteiger partial charge on any atom is 0.0751 e. The van der Waals surface area contributed by atoms with Crippen LogP contribution in [0.25, 0.3) is 0 Å². The van der Waals surface area contributed by atoms with Crippen LogP contribution in [-0.2, 0) is 4.74 Å². The SMILES string of the molecule is CC1CCCC(OC(C)(C)CN)C1. The van der Waals surface area contributed by atoms with Gasteiger partial charge in [-0.2, -0.15) is 0 Å². The minimum absolute atomic E-state index is 0.137. The normalized spacial score (nSPS) is 30.5. The number of rotatable bonds is 3. The fourth-order valence-electron chi connectivity index (χ4n) is 1.98. The van der Waals surface area contributed by atoms with Gasteiger partial charge in [0.2, 0.25) is 0 Å². The predicted molar refractivity (Wildman–Crippen MR) is 55.6 cm³/mol. The molecule has 0 aromatic heterocycles. The van der Waals surface area contributed by atoms with Crippen LogP contribution in [-0.4, -0.2) is 18.2 Å². The second kappa shape index (κ2) is 4.43. The van der Waals surface area contributed by atoms with Crippen LogP contribution in [0.4, 0.5) is 0 Å². The molecule has 0 aromatic rings. The highest BCUT2D eigenvalue weighted by molar-refractivity contribution is 4.76. The van der Waals surface area contributed by atoms with E-state index in [0.717, 1.165) is 5.92 Å². The fraction of sp³-hybridized carbons (Fsp3) is 1.00. The molecule has 2 atom stereocenters. The Morgan fingerprint density at radius 3 is 2.62 bits per heavy atom. The van der Waals surface area contributed by atoms with Crippen molar-refractivity contribution in [3.8, 4) is 0 Å². The lowest BCUT2D eigenvalue weighted by atomic mass is 9.88. The van der Waals surface area contributed by atoms with Gasteiger partial charge in [-0.3, -0.25) is 0 Å². The first-order valence-electron chi connectivity index (χ1n) is 5.41. The lowest BCUT2D eigenvalue weighted by Gasteiger charge is -2.34. The summed E-state index contributed by atoms with van der Waals surface area (Å²) in [7, 11) is 0. The molecule has 1 fully saturated rings. The quantitative estimate of drug-likeness (QED) is 0.732. The molecule has 0 spiro atoms. The van der Waals surface area contributed by atoms with Gasteiger partial charge in [0, 0.05) is 6.54 Å². The van der Waals surface area contributed by atoms with Gasteiger partial charge in [-0.05, 0) is 32.6 Å². The highest BCUT2D eigenvalue weighted by Gasteiger charge is 2.25. The average molecular weight is 185 g/mol. The van der Waals surface area contributed by atoms with Crippen molar-refractivity contribution in [2.45, 2.75) is 58.2 Å². The summed E-state index contributed by atoms with van der Waals surface area (Å²) in [5, 5.41) is 0. The van der Waals surface area contributed by atoms with Gasteiger partial charge in [0.1, 0.15) is 0 Å². The second-order valence-corrected chi connectivity index (χ2v) is 4.98. The number of nitrogens with two attached hydrogens (primary N) is 1. The van der Waals surface area contributed by atoms with Crippen molar-refractivity contribution in [2.24, 2.45) is 11.7 Å². The lowest BCUT2D eigenvalue weighted by Crippen LogP contribution is -2.39. The standard InChI is InChI=1S/C11H23NO/c1-9-5-4-6-10(7-9)13-11(2,3)8-12/h9-10H,4-8,12H2,1-3H3. The molecule has 2 nitrogen and oxygen atoms in total. The molecule has 0 bridgehead atoms. The number of hydrogen-bond donors (Lipinski definition) is 1. The van der Waals surface area contributed by atoms with Crippen molar-refractivity contribution < 1.29 is 4.74 Å². The minimum Gasteiger partial charge on any atom is -0.371 e. The molecule has 0 aliphatic heterocycles. The maximum absolute atomic E-state index is 5.97. The molecule has 1 aliphatic rings. The summed E-state index contributed by atoms with van der Waals surface area (Å²) in [6.45, 7) is 7.07. The largest absolute Gasteiger partial charge is 0.371 e. The molecule has 78 valence electrons. The van der Waals surface area contributed by atoms with Crippen LogP contribution in [0.15, 0.2) is 0 Å². The summed E-state index contributed by atoms with van der Waals surface area (Å²) in [5.41, 5.74) is 5.50. The van der Waals surface area contributed by atoms with Crippen LogP contribution in [0.3, 0.4) is 0 Å². The van der Waals surface area contributed by atoms with E-state index in [2.05, 4.69) is 20.8 Å². The molecular formula is C11H23NO. The number of hydrogen-bond acceptors (Lipinski definition) is 2. The van der Waals surface area contributed by atoms with Gasteiger partial charge in [0.25, 0.3) is 0 Å². The second-order valence-electron chi connectivity index (χ2n) is 4.98. The van der Waals surface area contributed by atoms with E-state index < -0.39 is 0 Å². The third kappa shape index (κ3) is 3.65. The summed E-state index contributed by atoms with van der Waals surface area (Å²) in [6.07, 6.45) is 5.55. The molecule has 2 unspecified atom stereocenters. The molecule has 1 saturated carbocycles. The molecular weight excluding hydrogens is 162 g/mol. The summed E-state index contributed by atoms with van der Waals surface area (Å²) < 4.78 is 5.97. The van der Waals surface area contributed by atoms with Crippen molar-refractivity contribution in [1.29, 1.82) is 0 Å². The molecule has 0 heterocycles. The van der Waals surface area contributed by atoms with Crippen LogP contribution >= 0.6 is 0 Å². The Hall–Kier alpha value is -0.0800. The van der Waals surface area contributed by atoms with Gasteiger partial charge < -0.3 is 10.5 Å². The molecule has 0 saturated heterocycles. The highest BCUT2D eigenvalue weighted by atomic mass is 16.5. The van der Waals surface area contributed by atoms with Crippen LogP contribution < -0.4 is 5.73 Å². The van der Waals surface area contributed by atoms with Crippen LogP contribution in [0.5, 0.6) is 0 Å². The van der Waals surface area contributed by atoms with Gasteiger partial charge in [-0.1, -0.05) is 19.8 Å². The molecule has 0 amide bonds. The first-order valence-corrected chi connectivity index (χ1v) is 5.41. The minimum atomic E-state index is -0.137. The molecule has 2 heteroatoms. The Morgan fingerprint density at radius 2 is 2.08 bits per heavy atom. The van der Waals surface area contributed by atoms with Gasteiger partial charge in [0.05, 0.1) is 11.7 Å². The van der Waals surface area contributed by atoms with Crippen molar-refractivity contribution in [3.05, 3.63) is 0 Å². The number of ether oxygens (including phenoxy) is 1. The highest BCUT2D eigenvalue weighted by Crippen LogP contribution is 2.28. The molecule has 2 N–H and O–H groups in total. The van der Waals surface area contributed by atoms with Gasteiger partial charge in [0.15, 0.2) is 0 Å². The maximum atomic E-state index is 5.97. The Balaban J connectivity index is 2.35. The Bertz CT molecular complexity index is 156. The van der Waals surface area contributed by atoms with Crippen LogP contribution in [0.2, 0.25) is 0 Å².